The predicted octanol–water partition coefficient (Wildman–Crippen LogP) is 3.46. The molecule has 0 spiro atoms. The van der Waals surface area contributed by atoms with Crippen LogP contribution < -0.4 is 4.74 Å². The van der Waals surface area contributed by atoms with Crippen LogP contribution in [-0.2, 0) is 0 Å². The van der Waals surface area contributed by atoms with E-state index in [2.05, 4.69) is 21.0 Å². The molecule has 1 unspecified atom stereocenters. The van der Waals surface area contributed by atoms with Gasteiger partial charge >= 0.3 is 0 Å². The fourth-order valence-corrected chi connectivity index (χ4v) is 2.51. The Hall–Kier alpha value is -1.40. The molecule has 1 aromatic carbocycles. The third kappa shape index (κ3) is 2.71. The smallest absolute Gasteiger partial charge is 0.133 e. The number of hydrogen-bond donors (Lipinski definition) is 1. The summed E-state index contributed by atoms with van der Waals surface area (Å²) in [6.45, 7) is 3.89. The van der Waals surface area contributed by atoms with Crippen molar-refractivity contribution in [2.75, 3.05) is 7.11 Å². The maximum atomic E-state index is 14.1. The lowest BCUT2D eigenvalue weighted by molar-refractivity contribution is 0.199. The molecular weight excluding hydrogens is 327 g/mol. The van der Waals surface area contributed by atoms with Gasteiger partial charge in [0.25, 0.3) is 0 Å². The highest BCUT2D eigenvalue weighted by molar-refractivity contribution is 9.10. The standard InChI is InChI=1S/C14H16BrFN2O2/c1-8(2)18-13(11(15)7-17-18)14(19)10-5-4-9(20-3)6-12(10)16/h4-8,14,19H,1-3H3. The van der Waals surface area contributed by atoms with Gasteiger partial charge in [0.2, 0.25) is 0 Å². The lowest BCUT2D eigenvalue weighted by Gasteiger charge is -2.17. The van der Waals surface area contributed by atoms with Crippen LogP contribution in [0.25, 0.3) is 0 Å². The van der Waals surface area contributed by atoms with Crippen LogP contribution >= 0.6 is 15.9 Å². The minimum Gasteiger partial charge on any atom is -0.497 e. The van der Waals surface area contributed by atoms with E-state index in [1.165, 1.54) is 19.2 Å². The average molecular weight is 343 g/mol. The van der Waals surface area contributed by atoms with Crippen molar-refractivity contribution in [3.63, 3.8) is 0 Å². The van der Waals surface area contributed by atoms with Gasteiger partial charge < -0.3 is 9.84 Å². The maximum absolute atomic E-state index is 14.1. The molecule has 2 aromatic rings. The molecule has 0 fully saturated rings. The van der Waals surface area contributed by atoms with Gasteiger partial charge in [0.1, 0.15) is 17.7 Å². The highest BCUT2D eigenvalue weighted by Gasteiger charge is 2.23. The van der Waals surface area contributed by atoms with E-state index < -0.39 is 11.9 Å². The molecule has 0 radical (unpaired) electrons. The number of benzene rings is 1. The Bertz CT molecular complexity index is 613. The van der Waals surface area contributed by atoms with Crippen molar-refractivity contribution in [2.24, 2.45) is 0 Å². The monoisotopic (exact) mass is 342 g/mol. The summed E-state index contributed by atoms with van der Waals surface area (Å²) < 4.78 is 21.3. The fraction of sp³-hybridized carbons (Fsp3) is 0.357. The lowest BCUT2D eigenvalue weighted by Crippen LogP contribution is -2.13. The summed E-state index contributed by atoms with van der Waals surface area (Å²) in [7, 11) is 1.47. The first-order valence-corrected chi connectivity index (χ1v) is 6.99. The first kappa shape index (κ1) is 15.0. The summed E-state index contributed by atoms with van der Waals surface area (Å²) >= 11 is 3.35. The zero-order chi connectivity index (χ0) is 14.9. The van der Waals surface area contributed by atoms with Gasteiger partial charge in [-0.2, -0.15) is 5.10 Å². The minimum atomic E-state index is -1.10. The van der Waals surface area contributed by atoms with Crippen LogP contribution in [-0.4, -0.2) is 22.0 Å². The van der Waals surface area contributed by atoms with Gasteiger partial charge in [-0.25, -0.2) is 4.39 Å². The second-order valence-corrected chi connectivity index (χ2v) is 5.56. The molecule has 0 saturated heterocycles. The molecule has 0 aliphatic carbocycles. The van der Waals surface area contributed by atoms with Crippen molar-refractivity contribution >= 4 is 15.9 Å². The molecule has 1 aromatic heterocycles. The molecule has 0 aliphatic rings. The molecule has 1 atom stereocenters. The Labute approximate surface area is 125 Å². The largest absolute Gasteiger partial charge is 0.497 e. The lowest BCUT2D eigenvalue weighted by atomic mass is 10.1. The van der Waals surface area contributed by atoms with E-state index in [0.29, 0.717) is 15.9 Å². The summed E-state index contributed by atoms with van der Waals surface area (Å²) in [5.74, 6) is -0.102. The second kappa shape index (κ2) is 5.93. The molecule has 2 rings (SSSR count). The molecule has 0 amide bonds. The van der Waals surface area contributed by atoms with Crippen molar-refractivity contribution in [1.82, 2.24) is 9.78 Å². The third-order valence-electron chi connectivity index (χ3n) is 3.04. The van der Waals surface area contributed by atoms with E-state index in [-0.39, 0.29) is 11.6 Å². The Balaban J connectivity index is 2.46. The van der Waals surface area contributed by atoms with Crippen molar-refractivity contribution in [3.8, 4) is 5.75 Å². The molecule has 1 N–H and O–H groups in total. The van der Waals surface area contributed by atoms with E-state index in [9.17, 15) is 9.50 Å². The van der Waals surface area contributed by atoms with Gasteiger partial charge in [-0.05, 0) is 41.9 Å². The van der Waals surface area contributed by atoms with Gasteiger partial charge in [-0.3, -0.25) is 4.68 Å². The minimum absolute atomic E-state index is 0.0623. The van der Waals surface area contributed by atoms with E-state index in [1.807, 2.05) is 13.8 Å². The van der Waals surface area contributed by atoms with Crippen LogP contribution in [0.4, 0.5) is 4.39 Å². The van der Waals surface area contributed by atoms with Crippen LogP contribution in [0.5, 0.6) is 5.75 Å². The van der Waals surface area contributed by atoms with E-state index in [4.69, 9.17) is 4.74 Å². The Kier molecular flexibility index (Phi) is 4.45. The number of aliphatic hydroxyl groups is 1. The maximum Gasteiger partial charge on any atom is 0.133 e. The summed E-state index contributed by atoms with van der Waals surface area (Å²) in [6, 6.07) is 4.45. The zero-order valence-corrected chi connectivity index (χ0v) is 13.1. The molecule has 1 heterocycles. The van der Waals surface area contributed by atoms with Crippen LogP contribution in [0.15, 0.2) is 28.9 Å². The number of aromatic nitrogens is 2. The van der Waals surface area contributed by atoms with Gasteiger partial charge in [-0.1, -0.05) is 0 Å². The quantitative estimate of drug-likeness (QED) is 0.925. The van der Waals surface area contributed by atoms with Crippen molar-refractivity contribution in [1.29, 1.82) is 0 Å². The van der Waals surface area contributed by atoms with Crippen molar-refractivity contribution < 1.29 is 14.2 Å². The number of rotatable bonds is 4. The van der Waals surface area contributed by atoms with Gasteiger partial charge in [0.05, 0.1) is 23.5 Å². The topological polar surface area (TPSA) is 47.3 Å². The Morgan fingerprint density at radius 2 is 2.10 bits per heavy atom. The summed E-state index contributed by atoms with van der Waals surface area (Å²) in [5.41, 5.74) is 0.720. The Morgan fingerprint density at radius 3 is 2.65 bits per heavy atom. The first-order valence-electron chi connectivity index (χ1n) is 6.20. The number of ether oxygens (including phenoxy) is 1. The molecule has 0 saturated carbocycles. The fourth-order valence-electron chi connectivity index (χ4n) is 2.02. The van der Waals surface area contributed by atoms with Gasteiger partial charge in [0.15, 0.2) is 0 Å². The second-order valence-electron chi connectivity index (χ2n) is 4.71. The van der Waals surface area contributed by atoms with Crippen LogP contribution in [0, 0.1) is 5.82 Å². The van der Waals surface area contributed by atoms with Crippen molar-refractivity contribution in [2.45, 2.75) is 26.0 Å². The summed E-state index contributed by atoms with van der Waals surface area (Å²) in [4.78, 5) is 0. The first-order chi connectivity index (χ1) is 9.45. The molecule has 0 aliphatic heterocycles. The van der Waals surface area contributed by atoms with Crippen LogP contribution in [0.3, 0.4) is 0 Å². The third-order valence-corrected chi connectivity index (χ3v) is 3.65. The van der Waals surface area contributed by atoms with Gasteiger partial charge in [0, 0.05) is 17.7 Å². The SMILES string of the molecule is COc1ccc(C(O)c2c(Br)cnn2C(C)C)c(F)c1. The summed E-state index contributed by atoms with van der Waals surface area (Å²) in [5, 5.41) is 14.7. The zero-order valence-electron chi connectivity index (χ0n) is 11.5. The Morgan fingerprint density at radius 1 is 1.40 bits per heavy atom. The molecule has 6 heteroatoms. The number of nitrogens with zero attached hydrogens (tertiary/aromatic N) is 2. The number of hydrogen-bond acceptors (Lipinski definition) is 3. The molecule has 0 bridgehead atoms. The number of aliphatic hydroxyl groups excluding tert-OH is 1. The molecule has 4 nitrogen and oxygen atoms in total. The van der Waals surface area contributed by atoms with Crippen molar-refractivity contribution in [3.05, 3.63) is 45.9 Å². The average Bonchev–Trinajstić information content (AvgIpc) is 2.79. The van der Waals surface area contributed by atoms with Crippen LogP contribution in [0.2, 0.25) is 0 Å². The summed E-state index contributed by atoms with van der Waals surface area (Å²) in [6.07, 6.45) is 0.500. The molecule has 20 heavy (non-hydrogen) atoms. The highest BCUT2D eigenvalue weighted by Crippen LogP contribution is 2.32. The molecule has 108 valence electrons. The number of methoxy groups -OCH3 is 1. The van der Waals surface area contributed by atoms with E-state index in [0.717, 1.165) is 0 Å². The van der Waals surface area contributed by atoms with Crippen LogP contribution in [0.1, 0.15) is 37.3 Å². The molecular formula is C14H16BrFN2O2. The number of halogens is 2. The highest BCUT2D eigenvalue weighted by atomic mass is 79.9. The van der Waals surface area contributed by atoms with E-state index >= 15 is 0 Å². The predicted molar refractivity (Wildman–Crippen MR) is 77.3 cm³/mol. The van der Waals surface area contributed by atoms with Gasteiger partial charge in [-0.15, -0.1) is 0 Å². The normalized spacial score (nSPS) is 12.8. The van der Waals surface area contributed by atoms with E-state index in [1.54, 1.807) is 16.9 Å².